The molecule has 0 saturated carbocycles. The van der Waals surface area contributed by atoms with Crippen LogP contribution in [0.25, 0.3) is 11.1 Å². The van der Waals surface area contributed by atoms with Gasteiger partial charge in [0.2, 0.25) is 0 Å². The summed E-state index contributed by atoms with van der Waals surface area (Å²) in [7, 11) is 0. The lowest BCUT2D eigenvalue weighted by Gasteiger charge is -2.32. The van der Waals surface area contributed by atoms with Crippen molar-refractivity contribution < 1.29 is 9.15 Å². The molecule has 1 aliphatic heterocycles. The van der Waals surface area contributed by atoms with E-state index < -0.39 is 0 Å². The highest BCUT2D eigenvalue weighted by molar-refractivity contribution is 6.31. The fourth-order valence-electron chi connectivity index (χ4n) is 2.90. The van der Waals surface area contributed by atoms with Crippen LogP contribution in [0, 0.1) is 0 Å². The number of halogens is 1. The number of fused-ring (bicyclic) bond motifs is 1. The Morgan fingerprint density at radius 1 is 1.29 bits per heavy atom. The molecular formula is C18H18ClN3O2. The van der Waals surface area contributed by atoms with Gasteiger partial charge < -0.3 is 19.4 Å². The minimum absolute atomic E-state index is 0.320. The maximum atomic E-state index is 6.23. The summed E-state index contributed by atoms with van der Waals surface area (Å²) < 4.78 is 12.0. The van der Waals surface area contributed by atoms with Crippen LogP contribution in [-0.2, 0) is 0 Å². The summed E-state index contributed by atoms with van der Waals surface area (Å²) in [6.07, 6.45) is 0. The zero-order valence-corrected chi connectivity index (χ0v) is 14.1. The van der Waals surface area contributed by atoms with Gasteiger partial charge in [-0.1, -0.05) is 29.8 Å². The highest BCUT2D eigenvalue weighted by Gasteiger charge is 2.24. The number of hydrogen-bond acceptors (Lipinski definition) is 5. The smallest absolute Gasteiger partial charge is 0.298 e. The van der Waals surface area contributed by atoms with Gasteiger partial charge in [-0.05, 0) is 25.1 Å². The summed E-state index contributed by atoms with van der Waals surface area (Å²) in [6, 6.07) is 14.1. The van der Waals surface area contributed by atoms with E-state index in [1.54, 1.807) is 12.1 Å². The second kappa shape index (κ2) is 6.34. The molecule has 1 saturated heterocycles. The maximum Gasteiger partial charge on any atom is 0.298 e. The molecule has 0 spiro atoms. The Labute approximate surface area is 145 Å². The lowest BCUT2D eigenvalue weighted by molar-refractivity contribution is 0.444. The molecule has 1 aromatic heterocycles. The number of anilines is 1. The number of rotatable bonds is 3. The monoisotopic (exact) mass is 343 g/mol. The molecule has 6 heteroatoms. The highest BCUT2D eigenvalue weighted by Crippen LogP contribution is 2.36. The molecule has 0 radical (unpaired) electrons. The van der Waals surface area contributed by atoms with Gasteiger partial charge in [-0.2, -0.15) is 4.98 Å². The van der Waals surface area contributed by atoms with Crippen molar-refractivity contribution in [2.75, 3.05) is 24.5 Å². The van der Waals surface area contributed by atoms with Gasteiger partial charge in [-0.25, -0.2) is 0 Å². The molecule has 24 heavy (non-hydrogen) atoms. The van der Waals surface area contributed by atoms with Gasteiger partial charge in [-0.15, -0.1) is 0 Å². The van der Waals surface area contributed by atoms with Crippen molar-refractivity contribution >= 4 is 28.7 Å². The third-order valence-corrected chi connectivity index (χ3v) is 4.35. The molecule has 2 heterocycles. The Morgan fingerprint density at radius 3 is 2.92 bits per heavy atom. The van der Waals surface area contributed by atoms with E-state index >= 15 is 0 Å². The number of benzene rings is 2. The number of piperazine rings is 1. The van der Waals surface area contributed by atoms with Crippen LogP contribution >= 0.6 is 11.6 Å². The number of nitrogens with zero attached hydrogens (tertiary/aromatic N) is 2. The number of hydrogen-bond donors (Lipinski definition) is 1. The third-order valence-electron chi connectivity index (χ3n) is 4.13. The van der Waals surface area contributed by atoms with Crippen molar-refractivity contribution in [3.05, 3.63) is 47.5 Å². The first-order chi connectivity index (χ1) is 11.7. The fraction of sp³-hybridized carbons (Fsp3) is 0.278. The van der Waals surface area contributed by atoms with Crippen LogP contribution < -0.4 is 15.0 Å². The molecule has 1 fully saturated rings. The van der Waals surface area contributed by atoms with Crippen molar-refractivity contribution in [2.24, 2.45) is 0 Å². The predicted octanol–water partition coefficient (Wildman–Crippen LogP) is 4.07. The summed E-state index contributed by atoms with van der Waals surface area (Å²) in [5.41, 5.74) is 1.32. The normalized spacial score (nSPS) is 18.1. The van der Waals surface area contributed by atoms with Crippen LogP contribution in [-0.4, -0.2) is 30.7 Å². The molecular weight excluding hydrogens is 326 g/mol. The van der Waals surface area contributed by atoms with Crippen molar-refractivity contribution in [1.29, 1.82) is 0 Å². The second-order valence-electron chi connectivity index (χ2n) is 5.91. The van der Waals surface area contributed by atoms with Crippen LogP contribution in [0.15, 0.2) is 46.9 Å². The zero-order chi connectivity index (χ0) is 16.5. The third kappa shape index (κ3) is 2.92. The van der Waals surface area contributed by atoms with Gasteiger partial charge >= 0.3 is 0 Å². The fourth-order valence-corrected chi connectivity index (χ4v) is 3.10. The summed E-state index contributed by atoms with van der Waals surface area (Å²) in [5, 5.41) is 3.94. The van der Waals surface area contributed by atoms with Gasteiger partial charge in [0.05, 0.1) is 0 Å². The predicted molar refractivity (Wildman–Crippen MR) is 95.2 cm³/mol. The molecule has 0 aliphatic carbocycles. The first-order valence-corrected chi connectivity index (χ1v) is 8.39. The van der Waals surface area contributed by atoms with Gasteiger partial charge in [0.1, 0.15) is 11.3 Å². The SMILES string of the molecule is C[C@H]1CNCCN1c1nc2cc(Cl)cc(Oc3ccccc3)c2o1. The molecule has 0 amide bonds. The van der Waals surface area contributed by atoms with E-state index in [1.807, 2.05) is 30.3 Å². The summed E-state index contributed by atoms with van der Waals surface area (Å²) in [5.74, 6) is 1.31. The molecule has 2 aromatic carbocycles. The van der Waals surface area contributed by atoms with Crippen molar-refractivity contribution in [2.45, 2.75) is 13.0 Å². The Morgan fingerprint density at radius 2 is 2.12 bits per heavy atom. The number of nitrogens with one attached hydrogen (secondary N) is 1. The molecule has 5 nitrogen and oxygen atoms in total. The van der Waals surface area contributed by atoms with Crippen LogP contribution in [0.2, 0.25) is 5.02 Å². The number of oxazole rings is 1. The molecule has 124 valence electrons. The van der Waals surface area contributed by atoms with Crippen LogP contribution in [0.4, 0.5) is 6.01 Å². The minimum atomic E-state index is 0.320. The van der Waals surface area contributed by atoms with Gasteiger partial charge in [-0.3, -0.25) is 0 Å². The van der Waals surface area contributed by atoms with Crippen molar-refractivity contribution in [1.82, 2.24) is 10.3 Å². The molecule has 0 unspecified atom stereocenters. The minimum Gasteiger partial charge on any atom is -0.453 e. The summed E-state index contributed by atoms with van der Waals surface area (Å²) >= 11 is 6.23. The first-order valence-electron chi connectivity index (χ1n) is 8.01. The van der Waals surface area contributed by atoms with Gasteiger partial charge in [0, 0.05) is 36.8 Å². The summed E-state index contributed by atoms with van der Waals surface area (Å²) in [4.78, 5) is 6.78. The molecule has 1 atom stereocenters. The van der Waals surface area contributed by atoms with Crippen molar-refractivity contribution in [3.63, 3.8) is 0 Å². The Balaban J connectivity index is 1.74. The Kier molecular flexibility index (Phi) is 4.04. The topological polar surface area (TPSA) is 50.5 Å². The van der Waals surface area contributed by atoms with E-state index in [0.717, 1.165) is 25.4 Å². The Bertz CT molecular complexity index is 850. The number of para-hydroxylation sites is 1. The molecule has 3 aromatic rings. The number of aromatic nitrogens is 1. The molecule has 1 aliphatic rings. The van der Waals surface area contributed by atoms with Crippen LogP contribution in [0.3, 0.4) is 0 Å². The van der Waals surface area contributed by atoms with E-state index in [1.165, 1.54) is 0 Å². The van der Waals surface area contributed by atoms with E-state index in [4.69, 9.17) is 20.8 Å². The van der Waals surface area contributed by atoms with Gasteiger partial charge in [0.25, 0.3) is 6.01 Å². The average molecular weight is 344 g/mol. The zero-order valence-electron chi connectivity index (χ0n) is 13.3. The molecule has 0 bridgehead atoms. The number of ether oxygens (including phenoxy) is 1. The molecule has 4 rings (SSSR count). The lowest BCUT2D eigenvalue weighted by atomic mass is 10.2. The largest absolute Gasteiger partial charge is 0.453 e. The Hall–Kier alpha value is -2.24. The molecule has 1 N–H and O–H groups in total. The van der Waals surface area contributed by atoms with Crippen LogP contribution in [0.1, 0.15) is 6.92 Å². The standard InChI is InChI=1S/C18H18ClN3O2/c1-12-11-20-7-8-22(12)18-21-15-9-13(19)10-16(17(15)24-18)23-14-5-3-2-4-6-14/h2-6,9-10,12,20H,7-8,11H2,1H3/t12-/m0/s1. The van der Waals surface area contributed by atoms with E-state index in [9.17, 15) is 0 Å². The average Bonchev–Trinajstić information content (AvgIpc) is 3.00. The summed E-state index contributed by atoms with van der Waals surface area (Å²) in [6.45, 7) is 4.83. The van der Waals surface area contributed by atoms with Gasteiger partial charge in [0.15, 0.2) is 11.3 Å². The van der Waals surface area contributed by atoms with Crippen LogP contribution in [0.5, 0.6) is 11.5 Å². The van der Waals surface area contributed by atoms with E-state index in [0.29, 0.717) is 33.9 Å². The highest BCUT2D eigenvalue weighted by atomic mass is 35.5. The van der Waals surface area contributed by atoms with Crippen molar-refractivity contribution in [3.8, 4) is 11.5 Å². The quantitative estimate of drug-likeness (QED) is 0.776. The van der Waals surface area contributed by atoms with E-state index in [-0.39, 0.29) is 0 Å². The lowest BCUT2D eigenvalue weighted by Crippen LogP contribution is -2.50. The first kappa shape index (κ1) is 15.3. The maximum absolute atomic E-state index is 6.23. The second-order valence-corrected chi connectivity index (χ2v) is 6.35. The van der Waals surface area contributed by atoms with E-state index in [2.05, 4.69) is 22.1 Å².